The minimum absolute atomic E-state index is 0.0205. The molecule has 148 valence electrons. The molecule has 2 aliphatic rings. The molecule has 0 heterocycles. The summed E-state index contributed by atoms with van der Waals surface area (Å²) in [6.45, 7) is 1.88. The highest BCUT2D eigenvalue weighted by atomic mass is 19.2. The Kier molecular flexibility index (Phi) is 5.02. The van der Waals surface area contributed by atoms with Crippen molar-refractivity contribution in [1.29, 1.82) is 0 Å². The molecule has 0 saturated heterocycles. The van der Waals surface area contributed by atoms with E-state index < -0.39 is 29.1 Å². The highest BCUT2D eigenvalue weighted by Crippen LogP contribution is 2.54. The Bertz CT molecular complexity index is 910. The van der Waals surface area contributed by atoms with Crippen LogP contribution in [-0.2, 0) is 6.42 Å². The van der Waals surface area contributed by atoms with E-state index in [2.05, 4.69) is 0 Å². The summed E-state index contributed by atoms with van der Waals surface area (Å²) in [5.41, 5.74) is 1.62. The van der Waals surface area contributed by atoms with Gasteiger partial charge in [0.25, 0.3) is 0 Å². The molecule has 0 amide bonds. The van der Waals surface area contributed by atoms with Gasteiger partial charge in [-0.2, -0.15) is 0 Å². The van der Waals surface area contributed by atoms with Crippen molar-refractivity contribution in [2.45, 2.75) is 44.4 Å². The predicted molar refractivity (Wildman–Crippen MR) is 97.5 cm³/mol. The molecular weight excluding hydrogens is 371 g/mol. The van der Waals surface area contributed by atoms with E-state index in [-0.39, 0.29) is 23.7 Å². The quantitative estimate of drug-likeness (QED) is 0.300. The lowest BCUT2D eigenvalue weighted by Crippen LogP contribution is -2.35. The molecule has 4 rings (SSSR count). The molecule has 0 aromatic heterocycles. The SMILES string of the molecule is CC=CC1CCC2c3cc(F)cc(F)c3CCC2C1c1cc(F)c(F)c(F)c1. The van der Waals surface area contributed by atoms with Gasteiger partial charge in [0.2, 0.25) is 0 Å². The standard InChI is InChI=1S/C23H21F5/c1-2-3-12-4-5-15-17(7-6-16-18(15)10-14(24)11-19(16)25)22(12)13-8-20(26)23(28)21(27)9-13/h2-3,8-12,15,17,22H,4-7H2,1H3. The van der Waals surface area contributed by atoms with Crippen LogP contribution < -0.4 is 0 Å². The molecule has 4 unspecified atom stereocenters. The normalized spacial score (nSPS) is 26.9. The third-order valence-corrected chi connectivity index (χ3v) is 6.40. The van der Waals surface area contributed by atoms with Gasteiger partial charge in [0.05, 0.1) is 0 Å². The largest absolute Gasteiger partial charge is 0.207 e. The molecule has 0 radical (unpaired) electrons. The molecule has 2 aromatic carbocycles. The van der Waals surface area contributed by atoms with E-state index in [1.165, 1.54) is 6.07 Å². The number of allylic oxidation sites excluding steroid dienone is 2. The highest BCUT2D eigenvalue weighted by molar-refractivity contribution is 5.38. The molecule has 0 nitrogen and oxygen atoms in total. The fourth-order valence-corrected chi connectivity index (χ4v) is 5.35. The Morgan fingerprint density at radius 2 is 1.57 bits per heavy atom. The molecule has 0 bridgehead atoms. The summed E-state index contributed by atoms with van der Waals surface area (Å²) in [6, 6.07) is 4.45. The van der Waals surface area contributed by atoms with Gasteiger partial charge in [-0.25, -0.2) is 22.0 Å². The van der Waals surface area contributed by atoms with E-state index in [4.69, 9.17) is 0 Å². The maximum atomic E-state index is 14.3. The molecular formula is C23H21F5. The predicted octanol–water partition coefficient (Wildman–Crippen LogP) is 6.80. The lowest BCUT2D eigenvalue weighted by molar-refractivity contribution is 0.193. The lowest BCUT2D eigenvalue weighted by atomic mass is 9.58. The minimum Gasteiger partial charge on any atom is -0.207 e. The first kappa shape index (κ1) is 19.2. The van der Waals surface area contributed by atoms with E-state index in [1.807, 2.05) is 19.1 Å². The van der Waals surface area contributed by atoms with Crippen molar-refractivity contribution in [3.8, 4) is 0 Å². The fraction of sp³-hybridized carbons (Fsp3) is 0.391. The van der Waals surface area contributed by atoms with E-state index in [0.717, 1.165) is 31.0 Å². The van der Waals surface area contributed by atoms with Gasteiger partial charge in [-0.15, -0.1) is 0 Å². The Hall–Kier alpha value is -2.17. The summed E-state index contributed by atoms with van der Waals surface area (Å²) < 4.78 is 69.5. The third-order valence-electron chi connectivity index (χ3n) is 6.40. The summed E-state index contributed by atoms with van der Waals surface area (Å²) in [7, 11) is 0. The van der Waals surface area contributed by atoms with Crippen LogP contribution >= 0.6 is 0 Å². The summed E-state index contributed by atoms with van der Waals surface area (Å²) >= 11 is 0. The Morgan fingerprint density at radius 1 is 0.857 bits per heavy atom. The number of rotatable bonds is 2. The minimum atomic E-state index is -1.48. The van der Waals surface area contributed by atoms with Crippen LogP contribution in [0.5, 0.6) is 0 Å². The lowest BCUT2D eigenvalue weighted by Gasteiger charge is -2.46. The molecule has 5 heteroatoms. The van der Waals surface area contributed by atoms with Crippen LogP contribution in [0.15, 0.2) is 36.4 Å². The van der Waals surface area contributed by atoms with Crippen LogP contribution in [-0.4, -0.2) is 0 Å². The first-order chi connectivity index (χ1) is 13.4. The molecule has 2 aliphatic carbocycles. The average Bonchev–Trinajstić information content (AvgIpc) is 2.65. The first-order valence-electron chi connectivity index (χ1n) is 9.65. The van der Waals surface area contributed by atoms with Crippen molar-refractivity contribution >= 4 is 0 Å². The van der Waals surface area contributed by atoms with Gasteiger partial charge in [0.15, 0.2) is 17.5 Å². The molecule has 4 atom stereocenters. The van der Waals surface area contributed by atoms with Crippen molar-refractivity contribution in [1.82, 2.24) is 0 Å². The van der Waals surface area contributed by atoms with Crippen molar-refractivity contribution in [3.63, 3.8) is 0 Å². The molecule has 1 saturated carbocycles. The molecule has 2 aromatic rings. The van der Waals surface area contributed by atoms with Crippen LogP contribution in [0.1, 0.15) is 54.7 Å². The number of benzene rings is 2. The fourth-order valence-electron chi connectivity index (χ4n) is 5.35. The average molecular weight is 392 g/mol. The smallest absolute Gasteiger partial charge is 0.194 e. The Labute approximate surface area is 161 Å². The topological polar surface area (TPSA) is 0 Å². The molecule has 28 heavy (non-hydrogen) atoms. The van der Waals surface area contributed by atoms with E-state index in [9.17, 15) is 22.0 Å². The van der Waals surface area contributed by atoms with Crippen LogP contribution in [0.4, 0.5) is 22.0 Å². The molecule has 1 fully saturated rings. The van der Waals surface area contributed by atoms with Crippen LogP contribution in [0.3, 0.4) is 0 Å². The van der Waals surface area contributed by atoms with Crippen molar-refractivity contribution in [3.05, 3.63) is 82.2 Å². The number of hydrogen-bond donors (Lipinski definition) is 0. The summed E-state index contributed by atoms with van der Waals surface area (Å²) in [5.74, 6) is -5.33. The second-order valence-corrected chi connectivity index (χ2v) is 7.86. The van der Waals surface area contributed by atoms with Gasteiger partial charge >= 0.3 is 0 Å². The molecule has 0 N–H and O–H groups in total. The van der Waals surface area contributed by atoms with Crippen LogP contribution in [0.25, 0.3) is 0 Å². The van der Waals surface area contributed by atoms with Crippen LogP contribution in [0, 0.1) is 40.9 Å². The second kappa shape index (κ2) is 7.34. The maximum Gasteiger partial charge on any atom is 0.194 e. The first-order valence-corrected chi connectivity index (χ1v) is 9.65. The number of fused-ring (bicyclic) bond motifs is 3. The van der Waals surface area contributed by atoms with E-state index in [1.54, 1.807) is 0 Å². The summed E-state index contributed by atoms with van der Waals surface area (Å²) in [6.07, 6.45) is 6.49. The van der Waals surface area contributed by atoms with Crippen molar-refractivity contribution in [2.24, 2.45) is 11.8 Å². The zero-order valence-electron chi connectivity index (χ0n) is 15.5. The Morgan fingerprint density at radius 3 is 2.25 bits per heavy atom. The van der Waals surface area contributed by atoms with Crippen molar-refractivity contribution < 1.29 is 22.0 Å². The number of halogens is 5. The number of hydrogen-bond acceptors (Lipinski definition) is 0. The maximum absolute atomic E-state index is 14.3. The third kappa shape index (κ3) is 3.15. The van der Waals surface area contributed by atoms with Gasteiger partial charge in [0, 0.05) is 6.07 Å². The van der Waals surface area contributed by atoms with Gasteiger partial charge in [0.1, 0.15) is 11.6 Å². The highest BCUT2D eigenvalue weighted by Gasteiger charge is 2.43. The zero-order valence-corrected chi connectivity index (χ0v) is 15.5. The monoisotopic (exact) mass is 392 g/mol. The van der Waals surface area contributed by atoms with E-state index >= 15 is 0 Å². The van der Waals surface area contributed by atoms with Crippen LogP contribution in [0.2, 0.25) is 0 Å². The van der Waals surface area contributed by atoms with Gasteiger partial charge in [-0.3, -0.25) is 0 Å². The van der Waals surface area contributed by atoms with E-state index in [0.29, 0.717) is 29.5 Å². The summed E-state index contributed by atoms with van der Waals surface area (Å²) in [4.78, 5) is 0. The molecule has 0 aliphatic heterocycles. The zero-order chi connectivity index (χ0) is 20.0. The second-order valence-electron chi connectivity index (χ2n) is 7.86. The van der Waals surface area contributed by atoms with Gasteiger partial charge in [-0.1, -0.05) is 12.2 Å². The van der Waals surface area contributed by atoms with Crippen molar-refractivity contribution in [2.75, 3.05) is 0 Å². The van der Waals surface area contributed by atoms with Gasteiger partial charge in [-0.05, 0) is 91.2 Å². The van der Waals surface area contributed by atoms with Gasteiger partial charge < -0.3 is 0 Å². The Balaban J connectivity index is 1.81. The summed E-state index contributed by atoms with van der Waals surface area (Å²) in [5, 5.41) is 0. The molecule has 0 spiro atoms.